The highest BCUT2D eigenvalue weighted by Gasteiger charge is 2.52. The minimum Gasteiger partial charge on any atom is -0.399 e. The van der Waals surface area contributed by atoms with Crippen LogP contribution in [0.2, 0.25) is 0 Å². The molecule has 2 aromatic rings. The molecule has 1 aromatic heterocycles. The molecule has 0 N–H and O–H groups in total. The second-order valence-electron chi connectivity index (χ2n) is 6.29. The van der Waals surface area contributed by atoms with Crippen molar-refractivity contribution in [1.82, 2.24) is 4.57 Å². The maximum atomic E-state index is 6.14. The molecule has 0 unspecified atom stereocenters. The maximum absolute atomic E-state index is 6.14. The van der Waals surface area contributed by atoms with E-state index in [1.165, 1.54) is 10.9 Å². The summed E-state index contributed by atoms with van der Waals surface area (Å²) >= 11 is 0. The lowest BCUT2D eigenvalue weighted by molar-refractivity contribution is 0.00578. The number of nitrogens with zero attached hydrogens (tertiary/aromatic N) is 1. The molecule has 1 aliphatic rings. The van der Waals surface area contributed by atoms with Gasteiger partial charge >= 0.3 is 7.12 Å². The van der Waals surface area contributed by atoms with Crippen molar-refractivity contribution in [2.45, 2.75) is 38.9 Å². The summed E-state index contributed by atoms with van der Waals surface area (Å²) in [4.78, 5) is 0. The van der Waals surface area contributed by atoms with Crippen molar-refractivity contribution >= 4 is 23.5 Å². The monoisotopic (exact) mass is 257 g/mol. The van der Waals surface area contributed by atoms with E-state index in [4.69, 9.17) is 9.31 Å². The maximum Gasteiger partial charge on any atom is 0.495 e. The molecule has 0 spiro atoms. The smallest absolute Gasteiger partial charge is 0.399 e. The van der Waals surface area contributed by atoms with E-state index in [1.54, 1.807) is 0 Å². The Morgan fingerprint density at radius 1 is 1.00 bits per heavy atom. The topological polar surface area (TPSA) is 23.4 Å². The fourth-order valence-electron chi connectivity index (χ4n) is 2.50. The van der Waals surface area contributed by atoms with Gasteiger partial charge in [-0.15, -0.1) is 0 Å². The van der Waals surface area contributed by atoms with Crippen molar-refractivity contribution in [3.8, 4) is 0 Å². The minimum atomic E-state index is -0.297. The van der Waals surface area contributed by atoms with Gasteiger partial charge in [-0.05, 0) is 50.7 Å². The zero-order valence-electron chi connectivity index (χ0n) is 12.2. The molecule has 0 aliphatic carbocycles. The summed E-state index contributed by atoms with van der Waals surface area (Å²) < 4.78 is 14.4. The third kappa shape index (κ3) is 1.82. The van der Waals surface area contributed by atoms with Gasteiger partial charge in [-0.1, -0.05) is 12.1 Å². The van der Waals surface area contributed by atoms with Crippen LogP contribution in [0.25, 0.3) is 10.9 Å². The van der Waals surface area contributed by atoms with Crippen molar-refractivity contribution in [3.05, 3.63) is 30.5 Å². The number of aromatic nitrogens is 1. The van der Waals surface area contributed by atoms with Crippen molar-refractivity contribution in [1.29, 1.82) is 0 Å². The van der Waals surface area contributed by atoms with E-state index in [-0.39, 0.29) is 18.3 Å². The first kappa shape index (κ1) is 12.8. The number of aryl methyl sites for hydroxylation is 1. The van der Waals surface area contributed by atoms with Crippen LogP contribution >= 0.6 is 0 Å². The largest absolute Gasteiger partial charge is 0.495 e. The molecular weight excluding hydrogens is 237 g/mol. The summed E-state index contributed by atoms with van der Waals surface area (Å²) in [5.41, 5.74) is 1.72. The Balaban J connectivity index is 2.07. The third-order valence-electron chi connectivity index (χ3n) is 4.47. The molecular formula is C15H20BNO2. The Labute approximate surface area is 114 Å². The van der Waals surface area contributed by atoms with Crippen LogP contribution in [-0.2, 0) is 16.4 Å². The Morgan fingerprint density at radius 3 is 2.26 bits per heavy atom. The first-order valence-corrected chi connectivity index (χ1v) is 6.71. The standard InChI is InChI=1S/C15H20BNO2/c1-14(2)15(3,4)19-16(18-14)12-7-6-8-13-11(12)9-10-17(13)5/h6-10H,1-5H3. The highest BCUT2D eigenvalue weighted by atomic mass is 16.7. The Bertz CT molecular complexity index is 614. The lowest BCUT2D eigenvalue weighted by atomic mass is 9.77. The third-order valence-corrected chi connectivity index (χ3v) is 4.47. The van der Waals surface area contributed by atoms with Gasteiger partial charge in [-0.2, -0.15) is 0 Å². The number of hydrogen-bond acceptors (Lipinski definition) is 2. The van der Waals surface area contributed by atoms with Crippen LogP contribution in [0.4, 0.5) is 0 Å². The van der Waals surface area contributed by atoms with Gasteiger partial charge < -0.3 is 13.9 Å². The molecule has 1 aliphatic heterocycles. The fraction of sp³-hybridized carbons (Fsp3) is 0.467. The fourth-order valence-corrected chi connectivity index (χ4v) is 2.50. The predicted molar refractivity (Wildman–Crippen MR) is 78.6 cm³/mol. The first-order valence-electron chi connectivity index (χ1n) is 6.71. The summed E-state index contributed by atoms with van der Waals surface area (Å²) in [6.45, 7) is 8.33. The van der Waals surface area contributed by atoms with Crippen LogP contribution in [0.5, 0.6) is 0 Å². The Hall–Kier alpha value is -1.26. The van der Waals surface area contributed by atoms with Gasteiger partial charge in [-0.3, -0.25) is 0 Å². The van der Waals surface area contributed by atoms with E-state index in [9.17, 15) is 0 Å². The van der Waals surface area contributed by atoms with Gasteiger partial charge in [0.15, 0.2) is 0 Å². The summed E-state index contributed by atoms with van der Waals surface area (Å²) in [5.74, 6) is 0. The lowest BCUT2D eigenvalue weighted by Crippen LogP contribution is -2.41. The zero-order valence-corrected chi connectivity index (χ0v) is 12.2. The van der Waals surface area contributed by atoms with Crippen molar-refractivity contribution in [3.63, 3.8) is 0 Å². The van der Waals surface area contributed by atoms with E-state index in [0.29, 0.717) is 0 Å². The van der Waals surface area contributed by atoms with E-state index in [1.807, 2.05) is 0 Å². The number of rotatable bonds is 1. The average Bonchev–Trinajstić information content (AvgIpc) is 2.78. The van der Waals surface area contributed by atoms with Gasteiger partial charge in [0.05, 0.1) is 11.2 Å². The van der Waals surface area contributed by atoms with E-state index < -0.39 is 0 Å². The SMILES string of the molecule is Cn1ccc2c(B3OC(C)(C)C(C)(C)O3)cccc21. The van der Waals surface area contributed by atoms with Crippen LogP contribution in [0.15, 0.2) is 30.5 Å². The van der Waals surface area contributed by atoms with E-state index in [2.05, 4.69) is 69.8 Å². The van der Waals surface area contributed by atoms with Crippen LogP contribution in [0, 0.1) is 0 Å². The second kappa shape index (κ2) is 3.87. The average molecular weight is 257 g/mol. The summed E-state index contributed by atoms with van der Waals surface area (Å²) in [6, 6.07) is 8.38. The molecule has 1 aromatic carbocycles. The molecule has 1 saturated heterocycles. The second-order valence-corrected chi connectivity index (χ2v) is 6.29. The molecule has 1 fully saturated rings. The van der Waals surface area contributed by atoms with Crippen LogP contribution in [0.3, 0.4) is 0 Å². The predicted octanol–water partition coefficient (Wildman–Crippen LogP) is 2.48. The molecule has 4 heteroatoms. The lowest BCUT2D eigenvalue weighted by Gasteiger charge is -2.32. The molecule has 3 nitrogen and oxygen atoms in total. The van der Waals surface area contributed by atoms with Gasteiger partial charge in [-0.25, -0.2) is 0 Å². The van der Waals surface area contributed by atoms with E-state index >= 15 is 0 Å². The number of fused-ring (bicyclic) bond motifs is 1. The van der Waals surface area contributed by atoms with Gasteiger partial charge in [0, 0.05) is 18.8 Å². The van der Waals surface area contributed by atoms with Crippen LogP contribution in [-0.4, -0.2) is 22.9 Å². The normalized spacial score (nSPS) is 21.2. The highest BCUT2D eigenvalue weighted by Crippen LogP contribution is 2.37. The molecule has 2 heterocycles. The van der Waals surface area contributed by atoms with Crippen molar-refractivity contribution in [2.75, 3.05) is 0 Å². The summed E-state index contributed by atoms with van der Waals surface area (Å²) in [5, 5.41) is 1.20. The summed E-state index contributed by atoms with van der Waals surface area (Å²) in [7, 11) is 1.76. The quantitative estimate of drug-likeness (QED) is 0.733. The van der Waals surface area contributed by atoms with Crippen LogP contribution < -0.4 is 5.46 Å². The molecule has 0 bridgehead atoms. The van der Waals surface area contributed by atoms with Crippen LogP contribution in [0.1, 0.15) is 27.7 Å². The Morgan fingerprint density at radius 2 is 1.63 bits per heavy atom. The number of hydrogen-bond donors (Lipinski definition) is 0. The molecule has 3 rings (SSSR count). The van der Waals surface area contributed by atoms with E-state index in [0.717, 1.165) is 5.46 Å². The summed E-state index contributed by atoms with van der Waals surface area (Å²) in [6.07, 6.45) is 2.07. The molecule has 100 valence electrons. The van der Waals surface area contributed by atoms with Gasteiger partial charge in [0.25, 0.3) is 0 Å². The Kier molecular flexibility index (Phi) is 2.60. The molecule has 0 atom stereocenters. The molecule has 19 heavy (non-hydrogen) atoms. The van der Waals surface area contributed by atoms with Crippen molar-refractivity contribution in [2.24, 2.45) is 7.05 Å². The van der Waals surface area contributed by atoms with Gasteiger partial charge in [0.2, 0.25) is 0 Å². The first-order chi connectivity index (χ1) is 8.82. The highest BCUT2D eigenvalue weighted by molar-refractivity contribution is 6.65. The molecule has 0 amide bonds. The van der Waals surface area contributed by atoms with Gasteiger partial charge in [0.1, 0.15) is 0 Å². The number of benzene rings is 1. The zero-order chi connectivity index (χ0) is 13.8. The molecule has 0 saturated carbocycles. The van der Waals surface area contributed by atoms with Crippen molar-refractivity contribution < 1.29 is 9.31 Å². The molecule has 0 radical (unpaired) electrons. The minimum absolute atomic E-state index is 0.295.